The Hall–Kier alpha value is -3.46. The van der Waals surface area contributed by atoms with Crippen molar-refractivity contribution in [1.29, 1.82) is 0 Å². The monoisotopic (exact) mass is 490 g/mol. The minimum atomic E-state index is -0.713. The van der Waals surface area contributed by atoms with Gasteiger partial charge >= 0.3 is 0 Å². The predicted molar refractivity (Wildman–Crippen MR) is 134 cm³/mol. The lowest BCUT2D eigenvalue weighted by molar-refractivity contribution is -0.156. The van der Waals surface area contributed by atoms with Crippen molar-refractivity contribution < 1.29 is 23.8 Å². The second-order valence-electron chi connectivity index (χ2n) is 9.32. The van der Waals surface area contributed by atoms with Crippen LogP contribution in [0.4, 0.5) is 0 Å². The zero-order valence-corrected chi connectivity index (χ0v) is 20.3. The topological polar surface area (TPSA) is 92.5 Å². The number of carbonyl (C=O) groups is 1. The van der Waals surface area contributed by atoms with Crippen LogP contribution in [0, 0.1) is 0 Å². The third-order valence-electron chi connectivity index (χ3n) is 6.81. The molecule has 0 spiro atoms. The molecule has 1 fully saturated rings. The molecular formula is C28H30N2O6. The SMILES string of the molecule is CN1CCN(C(=O)C2=C[C@@H](c3coc4ccccc4c3=O)C[C@@H](OCc3ccc(CO)cc3)O2)CC1. The lowest BCUT2D eigenvalue weighted by atomic mass is 9.93. The van der Waals surface area contributed by atoms with E-state index < -0.39 is 12.2 Å². The maximum Gasteiger partial charge on any atom is 0.288 e. The molecule has 0 unspecified atom stereocenters. The molecule has 0 aliphatic carbocycles. The minimum Gasteiger partial charge on any atom is -0.464 e. The van der Waals surface area contributed by atoms with Gasteiger partial charge in [0.2, 0.25) is 6.29 Å². The maximum absolute atomic E-state index is 13.4. The number of carbonyl (C=O) groups excluding carboxylic acids is 1. The van der Waals surface area contributed by atoms with Gasteiger partial charge in [0, 0.05) is 44.1 Å². The van der Waals surface area contributed by atoms with Crippen molar-refractivity contribution in [2.24, 2.45) is 0 Å². The number of aliphatic hydroxyl groups is 1. The summed E-state index contributed by atoms with van der Waals surface area (Å²) in [4.78, 5) is 30.6. The summed E-state index contributed by atoms with van der Waals surface area (Å²) < 4.78 is 17.9. The van der Waals surface area contributed by atoms with Gasteiger partial charge in [-0.3, -0.25) is 9.59 Å². The van der Waals surface area contributed by atoms with Crippen LogP contribution in [0.2, 0.25) is 0 Å². The summed E-state index contributed by atoms with van der Waals surface area (Å²) in [6, 6.07) is 14.6. The Balaban J connectivity index is 1.41. The number of nitrogens with zero attached hydrogens (tertiary/aromatic N) is 2. The van der Waals surface area contributed by atoms with Crippen LogP contribution in [0.25, 0.3) is 11.0 Å². The number of para-hydroxylation sites is 1. The van der Waals surface area contributed by atoms with E-state index in [4.69, 9.17) is 13.9 Å². The maximum atomic E-state index is 13.4. The van der Waals surface area contributed by atoms with Crippen LogP contribution in [-0.2, 0) is 27.5 Å². The summed E-state index contributed by atoms with van der Waals surface area (Å²) in [6.07, 6.45) is 2.88. The minimum absolute atomic E-state index is 0.0224. The number of likely N-dealkylation sites (N-methyl/N-ethyl adjacent to an activating group) is 1. The van der Waals surface area contributed by atoms with Crippen molar-refractivity contribution in [2.75, 3.05) is 33.2 Å². The fraction of sp³-hybridized carbons (Fsp3) is 0.357. The van der Waals surface area contributed by atoms with E-state index in [0.717, 1.165) is 24.2 Å². The Bertz CT molecular complexity index is 1310. The number of hydrogen-bond donors (Lipinski definition) is 1. The first-order chi connectivity index (χ1) is 17.5. The number of ether oxygens (including phenoxy) is 2. The molecule has 2 atom stereocenters. The van der Waals surface area contributed by atoms with Crippen LogP contribution in [0.15, 0.2) is 75.8 Å². The zero-order chi connectivity index (χ0) is 25.1. The summed E-state index contributed by atoms with van der Waals surface area (Å²) in [6.45, 7) is 3.06. The molecule has 2 aromatic carbocycles. The Morgan fingerprint density at radius 3 is 2.53 bits per heavy atom. The Kier molecular flexibility index (Phi) is 7.18. The first-order valence-corrected chi connectivity index (χ1v) is 12.2. The van der Waals surface area contributed by atoms with E-state index in [2.05, 4.69) is 4.90 Å². The van der Waals surface area contributed by atoms with Crippen LogP contribution in [0.5, 0.6) is 0 Å². The van der Waals surface area contributed by atoms with Crippen molar-refractivity contribution in [3.8, 4) is 0 Å². The molecule has 3 heterocycles. The molecule has 1 aromatic heterocycles. The van der Waals surface area contributed by atoms with Gasteiger partial charge in [0.05, 0.1) is 24.9 Å². The molecule has 2 aliphatic heterocycles. The number of aliphatic hydroxyl groups excluding tert-OH is 1. The fourth-order valence-electron chi connectivity index (χ4n) is 4.57. The van der Waals surface area contributed by atoms with Gasteiger partial charge < -0.3 is 28.8 Å². The molecule has 8 heteroatoms. The van der Waals surface area contributed by atoms with E-state index in [1.165, 1.54) is 6.26 Å². The van der Waals surface area contributed by atoms with Crippen molar-refractivity contribution in [2.45, 2.75) is 31.8 Å². The number of allylic oxidation sites excluding steroid dienone is 1. The highest BCUT2D eigenvalue weighted by Crippen LogP contribution is 2.32. The number of piperazine rings is 1. The smallest absolute Gasteiger partial charge is 0.288 e. The molecule has 0 bridgehead atoms. The van der Waals surface area contributed by atoms with Gasteiger partial charge in [-0.1, -0.05) is 36.4 Å². The third kappa shape index (κ3) is 5.21. The molecule has 1 N–H and O–H groups in total. The van der Waals surface area contributed by atoms with E-state index in [9.17, 15) is 14.7 Å². The lowest BCUT2D eigenvalue weighted by Crippen LogP contribution is -2.48. The van der Waals surface area contributed by atoms with Crippen LogP contribution in [0.3, 0.4) is 0 Å². The molecule has 3 aromatic rings. The predicted octanol–water partition coefficient (Wildman–Crippen LogP) is 2.99. The van der Waals surface area contributed by atoms with E-state index in [-0.39, 0.29) is 30.3 Å². The zero-order valence-electron chi connectivity index (χ0n) is 20.3. The lowest BCUT2D eigenvalue weighted by Gasteiger charge is -2.35. The second kappa shape index (κ2) is 10.7. The number of benzene rings is 2. The summed E-state index contributed by atoms with van der Waals surface area (Å²) in [7, 11) is 2.03. The Labute approximate surface area is 209 Å². The van der Waals surface area contributed by atoms with Gasteiger partial charge in [-0.2, -0.15) is 0 Å². The number of amides is 1. The van der Waals surface area contributed by atoms with Crippen LogP contribution in [-0.4, -0.2) is 60.3 Å². The summed E-state index contributed by atoms with van der Waals surface area (Å²) in [5.41, 5.74) is 2.61. The first kappa shape index (κ1) is 24.2. The fourth-order valence-corrected chi connectivity index (χ4v) is 4.57. The van der Waals surface area contributed by atoms with E-state index in [0.29, 0.717) is 36.0 Å². The quantitative estimate of drug-likeness (QED) is 0.568. The first-order valence-electron chi connectivity index (χ1n) is 12.2. The molecule has 1 amide bonds. The van der Waals surface area contributed by atoms with Crippen LogP contribution in [0.1, 0.15) is 29.0 Å². The molecule has 1 saturated heterocycles. The van der Waals surface area contributed by atoms with E-state index in [1.54, 1.807) is 29.2 Å². The van der Waals surface area contributed by atoms with Crippen molar-refractivity contribution in [1.82, 2.24) is 9.80 Å². The molecule has 0 radical (unpaired) electrons. The van der Waals surface area contributed by atoms with Gasteiger partial charge in [-0.15, -0.1) is 0 Å². The second-order valence-corrected chi connectivity index (χ2v) is 9.32. The van der Waals surface area contributed by atoms with Crippen LogP contribution < -0.4 is 5.43 Å². The summed E-state index contributed by atoms with van der Waals surface area (Å²) in [5, 5.41) is 9.77. The average molecular weight is 491 g/mol. The Morgan fingerprint density at radius 2 is 1.78 bits per heavy atom. The van der Waals surface area contributed by atoms with Gasteiger partial charge in [0.15, 0.2) is 11.2 Å². The highest BCUT2D eigenvalue weighted by atomic mass is 16.7. The highest BCUT2D eigenvalue weighted by molar-refractivity contribution is 5.92. The highest BCUT2D eigenvalue weighted by Gasteiger charge is 2.33. The molecular weight excluding hydrogens is 460 g/mol. The Morgan fingerprint density at radius 1 is 1.06 bits per heavy atom. The average Bonchev–Trinajstić information content (AvgIpc) is 2.92. The molecule has 8 nitrogen and oxygen atoms in total. The largest absolute Gasteiger partial charge is 0.464 e. The number of fused-ring (bicyclic) bond motifs is 1. The number of hydrogen-bond acceptors (Lipinski definition) is 7. The van der Waals surface area contributed by atoms with Crippen molar-refractivity contribution in [3.63, 3.8) is 0 Å². The van der Waals surface area contributed by atoms with Gasteiger partial charge in [0.25, 0.3) is 5.91 Å². The molecule has 36 heavy (non-hydrogen) atoms. The van der Waals surface area contributed by atoms with E-state index >= 15 is 0 Å². The van der Waals surface area contributed by atoms with Crippen molar-refractivity contribution >= 4 is 16.9 Å². The van der Waals surface area contributed by atoms with Crippen LogP contribution >= 0.6 is 0 Å². The standard InChI is InChI=1S/C28H30N2O6/c1-29-10-12-30(13-11-29)28(33)25-14-21(23-18-34-24-5-3-2-4-22(24)27(23)32)15-26(36-25)35-17-20-8-6-19(16-31)7-9-20/h2-9,14,18,21,26,31H,10-13,15-17H2,1H3/t21-,26+/m1/s1. The van der Waals surface area contributed by atoms with Crippen molar-refractivity contribution in [3.05, 3.63) is 93.5 Å². The summed E-state index contributed by atoms with van der Waals surface area (Å²) >= 11 is 0. The van der Waals surface area contributed by atoms with Gasteiger partial charge in [0.1, 0.15) is 5.58 Å². The van der Waals surface area contributed by atoms with Gasteiger partial charge in [-0.05, 0) is 36.4 Å². The molecule has 5 rings (SSSR count). The molecule has 188 valence electrons. The molecule has 0 saturated carbocycles. The van der Waals surface area contributed by atoms with E-state index in [1.807, 2.05) is 37.4 Å². The number of rotatable bonds is 6. The third-order valence-corrected chi connectivity index (χ3v) is 6.81. The van der Waals surface area contributed by atoms with Gasteiger partial charge in [-0.25, -0.2) is 0 Å². The summed E-state index contributed by atoms with van der Waals surface area (Å²) in [5.74, 6) is -0.393. The normalized spacial score (nSPS) is 20.7. The molecule has 2 aliphatic rings.